The Morgan fingerprint density at radius 1 is 1.04 bits per heavy atom. The third-order valence-electron chi connectivity index (χ3n) is 3.74. The van der Waals surface area contributed by atoms with Crippen LogP contribution in [-0.2, 0) is 20.5 Å². The van der Waals surface area contributed by atoms with Gasteiger partial charge in [-0.25, -0.2) is 4.79 Å². The number of anilines is 1. The molecular weight excluding hydrogens is 375 g/mol. The van der Waals surface area contributed by atoms with Crippen molar-refractivity contribution in [2.45, 2.75) is 25.9 Å². The molecule has 0 aliphatic rings. The maximum Gasteiger partial charge on any atom is 0.416 e. The Morgan fingerprint density at radius 3 is 2.43 bits per heavy atom. The van der Waals surface area contributed by atoms with E-state index in [9.17, 15) is 22.8 Å². The van der Waals surface area contributed by atoms with Gasteiger partial charge in [0.1, 0.15) is 5.75 Å². The van der Waals surface area contributed by atoms with Crippen molar-refractivity contribution in [3.8, 4) is 5.75 Å². The number of hydrogen-bond donors (Lipinski definition) is 1. The predicted molar refractivity (Wildman–Crippen MR) is 97.1 cm³/mol. The second-order valence-corrected chi connectivity index (χ2v) is 6.27. The Bertz CT molecular complexity index is 834. The molecule has 150 valence electrons. The molecule has 0 atom stereocenters. The number of alkyl halides is 3. The van der Waals surface area contributed by atoms with Gasteiger partial charge in [-0.3, -0.25) is 4.79 Å². The van der Waals surface area contributed by atoms with Crippen LogP contribution in [0.2, 0.25) is 0 Å². The standard InChI is InChI=1S/C20H20F3NO4/c1-13(2)16-8-3-4-9-17(16)24-18(25)11-28-19(26)12-27-15-7-5-6-14(10-15)20(21,22)23/h3-10,13H,11-12H2,1-2H3,(H,24,25). The Balaban J connectivity index is 1.82. The minimum atomic E-state index is -4.51. The van der Waals surface area contributed by atoms with Crippen molar-refractivity contribution < 1.29 is 32.2 Å². The fourth-order valence-corrected chi connectivity index (χ4v) is 2.39. The van der Waals surface area contributed by atoms with E-state index < -0.39 is 36.8 Å². The van der Waals surface area contributed by atoms with Crippen molar-refractivity contribution in [3.05, 3.63) is 59.7 Å². The molecule has 2 rings (SSSR count). The van der Waals surface area contributed by atoms with Gasteiger partial charge in [-0.15, -0.1) is 0 Å². The molecule has 0 aliphatic heterocycles. The zero-order valence-corrected chi connectivity index (χ0v) is 15.4. The number of carbonyl (C=O) groups is 2. The fourth-order valence-electron chi connectivity index (χ4n) is 2.39. The van der Waals surface area contributed by atoms with E-state index >= 15 is 0 Å². The summed E-state index contributed by atoms with van der Waals surface area (Å²) >= 11 is 0. The van der Waals surface area contributed by atoms with Crippen molar-refractivity contribution in [2.75, 3.05) is 18.5 Å². The summed E-state index contributed by atoms with van der Waals surface area (Å²) in [6, 6.07) is 11.4. The third-order valence-corrected chi connectivity index (χ3v) is 3.74. The minimum Gasteiger partial charge on any atom is -0.482 e. The topological polar surface area (TPSA) is 64.6 Å². The summed E-state index contributed by atoms with van der Waals surface area (Å²) in [7, 11) is 0. The quantitative estimate of drug-likeness (QED) is 0.707. The molecule has 1 N–H and O–H groups in total. The molecule has 28 heavy (non-hydrogen) atoms. The monoisotopic (exact) mass is 395 g/mol. The summed E-state index contributed by atoms with van der Waals surface area (Å²) in [4.78, 5) is 23.6. The third kappa shape index (κ3) is 6.29. The highest BCUT2D eigenvalue weighted by molar-refractivity contribution is 5.93. The highest BCUT2D eigenvalue weighted by Crippen LogP contribution is 2.31. The summed E-state index contributed by atoms with van der Waals surface area (Å²) in [5.74, 6) is -1.33. The molecule has 1 amide bonds. The van der Waals surface area contributed by atoms with Gasteiger partial charge in [0.05, 0.1) is 5.56 Å². The molecule has 0 saturated heterocycles. The molecule has 5 nitrogen and oxygen atoms in total. The molecule has 0 fully saturated rings. The van der Waals surface area contributed by atoms with E-state index in [0.717, 1.165) is 17.7 Å². The molecule has 2 aromatic rings. The van der Waals surface area contributed by atoms with Crippen LogP contribution >= 0.6 is 0 Å². The van der Waals surface area contributed by atoms with Crippen LogP contribution in [0, 0.1) is 0 Å². The van der Waals surface area contributed by atoms with Crippen LogP contribution in [0.1, 0.15) is 30.9 Å². The lowest BCUT2D eigenvalue weighted by Crippen LogP contribution is -2.24. The number of esters is 1. The maximum absolute atomic E-state index is 12.6. The van der Waals surface area contributed by atoms with Gasteiger partial charge in [-0.1, -0.05) is 38.1 Å². The number of rotatable bonds is 7. The lowest BCUT2D eigenvalue weighted by molar-refractivity contribution is -0.149. The van der Waals surface area contributed by atoms with Gasteiger partial charge >= 0.3 is 12.1 Å². The number of ether oxygens (including phenoxy) is 2. The molecule has 0 spiro atoms. The van der Waals surface area contributed by atoms with Crippen LogP contribution < -0.4 is 10.1 Å². The Kier molecular flexibility index (Phi) is 7.03. The Hall–Kier alpha value is -3.03. The van der Waals surface area contributed by atoms with Crippen molar-refractivity contribution >= 4 is 17.6 Å². The molecule has 0 unspecified atom stereocenters. The van der Waals surface area contributed by atoms with Gasteiger partial charge in [-0.05, 0) is 35.7 Å². The smallest absolute Gasteiger partial charge is 0.416 e. The van der Waals surface area contributed by atoms with Gasteiger partial charge in [0.25, 0.3) is 5.91 Å². The van der Waals surface area contributed by atoms with Crippen molar-refractivity contribution in [2.24, 2.45) is 0 Å². The van der Waals surface area contributed by atoms with Crippen LogP contribution in [0.3, 0.4) is 0 Å². The Morgan fingerprint density at radius 2 is 1.75 bits per heavy atom. The Labute approximate surface area is 160 Å². The first-order chi connectivity index (χ1) is 13.2. The highest BCUT2D eigenvalue weighted by Gasteiger charge is 2.30. The molecule has 0 saturated carbocycles. The molecule has 0 aromatic heterocycles. The van der Waals surface area contributed by atoms with Crippen LogP contribution in [0.25, 0.3) is 0 Å². The van der Waals surface area contributed by atoms with Crippen molar-refractivity contribution in [1.29, 1.82) is 0 Å². The average molecular weight is 395 g/mol. The van der Waals surface area contributed by atoms with E-state index in [1.807, 2.05) is 26.0 Å². The number of halogens is 3. The largest absolute Gasteiger partial charge is 0.482 e. The SMILES string of the molecule is CC(C)c1ccccc1NC(=O)COC(=O)COc1cccc(C(F)(F)F)c1. The highest BCUT2D eigenvalue weighted by atomic mass is 19.4. The van der Waals surface area contributed by atoms with Gasteiger partial charge in [0, 0.05) is 5.69 Å². The summed E-state index contributed by atoms with van der Waals surface area (Å²) < 4.78 is 47.7. The molecule has 0 radical (unpaired) electrons. The number of hydrogen-bond acceptors (Lipinski definition) is 4. The van der Waals surface area contributed by atoms with Crippen molar-refractivity contribution in [1.82, 2.24) is 0 Å². The van der Waals surface area contributed by atoms with E-state index in [1.54, 1.807) is 12.1 Å². The lowest BCUT2D eigenvalue weighted by Gasteiger charge is -2.14. The van der Waals surface area contributed by atoms with Crippen molar-refractivity contribution in [3.63, 3.8) is 0 Å². The van der Waals surface area contributed by atoms with Crippen LogP contribution in [0.5, 0.6) is 5.75 Å². The van der Waals surface area contributed by atoms with E-state index in [0.29, 0.717) is 5.69 Å². The molecule has 0 bridgehead atoms. The predicted octanol–water partition coefficient (Wildman–Crippen LogP) is 4.39. The molecule has 0 aliphatic carbocycles. The molecule has 8 heteroatoms. The first-order valence-electron chi connectivity index (χ1n) is 8.51. The summed E-state index contributed by atoms with van der Waals surface area (Å²) in [5, 5.41) is 2.66. The summed E-state index contributed by atoms with van der Waals surface area (Å²) in [5.41, 5.74) is 0.676. The fraction of sp³-hybridized carbons (Fsp3) is 0.300. The normalized spacial score (nSPS) is 11.2. The van der Waals surface area contributed by atoms with Gasteiger partial charge in [0.2, 0.25) is 0 Å². The first kappa shape index (κ1) is 21.3. The van der Waals surface area contributed by atoms with Crippen LogP contribution in [0.15, 0.2) is 48.5 Å². The van der Waals surface area contributed by atoms with Gasteiger partial charge in [0.15, 0.2) is 13.2 Å². The molecule has 2 aromatic carbocycles. The first-order valence-corrected chi connectivity index (χ1v) is 8.51. The van der Waals surface area contributed by atoms with E-state index in [-0.39, 0.29) is 11.7 Å². The summed E-state index contributed by atoms with van der Waals surface area (Å²) in [6.45, 7) is 2.82. The zero-order chi connectivity index (χ0) is 20.7. The van der Waals surface area contributed by atoms with Gasteiger partial charge < -0.3 is 14.8 Å². The number of amides is 1. The zero-order valence-electron chi connectivity index (χ0n) is 15.4. The second kappa shape index (κ2) is 9.25. The number of carbonyl (C=O) groups excluding carboxylic acids is 2. The van der Waals surface area contributed by atoms with Gasteiger partial charge in [-0.2, -0.15) is 13.2 Å². The number of benzene rings is 2. The van der Waals surface area contributed by atoms with E-state index in [2.05, 4.69) is 5.32 Å². The molecular formula is C20H20F3NO4. The minimum absolute atomic E-state index is 0.123. The summed E-state index contributed by atoms with van der Waals surface area (Å²) in [6.07, 6.45) is -4.51. The number of para-hydroxylation sites is 1. The lowest BCUT2D eigenvalue weighted by atomic mass is 10.0. The molecule has 0 heterocycles. The number of nitrogens with one attached hydrogen (secondary N) is 1. The van der Waals surface area contributed by atoms with Crippen LogP contribution in [-0.4, -0.2) is 25.1 Å². The maximum atomic E-state index is 12.6. The van der Waals surface area contributed by atoms with E-state index in [1.165, 1.54) is 12.1 Å². The second-order valence-electron chi connectivity index (χ2n) is 6.27. The average Bonchev–Trinajstić information content (AvgIpc) is 2.64. The van der Waals surface area contributed by atoms with E-state index in [4.69, 9.17) is 9.47 Å². The van der Waals surface area contributed by atoms with Crippen LogP contribution in [0.4, 0.5) is 18.9 Å².